The molecule has 9 heavy (non-hydrogen) atoms. The molecule has 0 radical (unpaired) electrons. The van der Waals surface area contributed by atoms with Crippen molar-refractivity contribution in [2.24, 2.45) is 0 Å². The molecule has 0 fully saturated rings. The van der Waals surface area contributed by atoms with Crippen LogP contribution in [0.2, 0.25) is 0 Å². The van der Waals surface area contributed by atoms with Gasteiger partial charge in [0.2, 0.25) is 0 Å². The van der Waals surface area contributed by atoms with E-state index < -0.39 is 0 Å². The molecule has 0 saturated carbocycles. The summed E-state index contributed by atoms with van der Waals surface area (Å²) < 4.78 is 1.62. The second-order valence-corrected chi connectivity index (χ2v) is 3.36. The molecule has 1 heterocycles. The second kappa shape index (κ2) is 2.78. The summed E-state index contributed by atoms with van der Waals surface area (Å²) in [6, 6.07) is 1.81. The monoisotopic (exact) mass is 299 g/mol. The van der Waals surface area contributed by atoms with Crippen LogP contribution in [0.1, 0.15) is 0 Å². The van der Waals surface area contributed by atoms with E-state index in [4.69, 9.17) is 5.73 Å². The van der Waals surface area contributed by atoms with Crippen molar-refractivity contribution in [1.29, 1.82) is 0 Å². The summed E-state index contributed by atoms with van der Waals surface area (Å²) in [4.78, 5) is 0. The normalized spacial score (nSPS) is 9.56. The van der Waals surface area contributed by atoms with Gasteiger partial charge < -0.3 is 5.73 Å². The number of nitrogen functional groups attached to an aromatic ring is 1. The van der Waals surface area contributed by atoms with Crippen LogP contribution in [0, 0.1) is 3.70 Å². The van der Waals surface area contributed by atoms with Crippen LogP contribution in [0.15, 0.2) is 10.5 Å². The molecule has 0 aliphatic heterocycles. The Labute approximate surface area is 74.3 Å². The summed E-state index contributed by atoms with van der Waals surface area (Å²) >= 11 is 5.28. The molecule has 0 aromatic carbocycles. The second-order valence-electron chi connectivity index (χ2n) is 1.40. The highest BCUT2D eigenvalue weighted by Crippen LogP contribution is 2.16. The van der Waals surface area contributed by atoms with E-state index in [0.717, 1.165) is 8.17 Å². The quantitative estimate of drug-likeness (QED) is 0.737. The van der Waals surface area contributed by atoms with Gasteiger partial charge in [-0.25, -0.2) is 0 Å². The van der Waals surface area contributed by atoms with Gasteiger partial charge in [0.1, 0.15) is 3.70 Å². The maximum absolute atomic E-state index is 5.36. The Bertz CT molecular complexity index is 227. The third kappa shape index (κ3) is 1.75. The van der Waals surface area contributed by atoms with Crippen LogP contribution in [0.25, 0.3) is 0 Å². The first-order valence-electron chi connectivity index (χ1n) is 2.14. The summed E-state index contributed by atoms with van der Waals surface area (Å²) in [6.07, 6.45) is 0. The molecule has 0 atom stereocenters. The number of nitrogens with zero attached hydrogens (tertiary/aromatic N) is 2. The molecule has 1 aromatic rings. The van der Waals surface area contributed by atoms with Gasteiger partial charge in [0, 0.05) is 0 Å². The molecule has 0 saturated heterocycles. The van der Waals surface area contributed by atoms with Crippen molar-refractivity contribution in [3.8, 4) is 0 Å². The van der Waals surface area contributed by atoms with E-state index >= 15 is 0 Å². The van der Waals surface area contributed by atoms with Gasteiger partial charge in [-0.05, 0) is 44.6 Å². The number of halogens is 2. The molecule has 0 aliphatic carbocycles. The Kier molecular flexibility index (Phi) is 2.23. The van der Waals surface area contributed by atoms with Crippen molar-refractivity contribution in [3.63, 3.8) is 0 Å². The van der Waals surface area contributed by atoms with Gasteiger partial charge in [0.15, 0.2) is 5.82 Å². The third-order valence-corrected chi connectivity index (χ3v) is 1.91. The fraction of sp³-hybridized carbons (Fsp3) is 0. The van der Waals surface area contributed by atoms with Crippen LogP contribution in [0.3, 0.4) is 0 Å². The van der Waals surface area contributed by atoms with Gasteiger partial charge in [-0.3, -0.25) is 0 Å². The largest absolute Gasteiger partial charge is 0.381 e. The van der Waals surface area contributed by atoms with Gasteiger partial charge in [0.05, 0.1) is 4.47 Å². The molecule has 1 aromatic heterocycles. The number of nitrogens with two attached hydrogens (primary N) is 1. The Morgan fingerprint density at radius 3 is 2.67 bits per heavy atom. The van der Waals surface area contributed by atoms with Crippen LogP contribution in [-0.2, 0) is 0 Å². The van der Waals surface area contributed by atoms with Gasteiger partial charge in [-0.1, -0.05) is 0 Å². The third-order valence-electron chi connectivity index (χ3n) is 0.744. The number of anilines is 1. The molecule has 1 rings (SSSR count). The van der Waals surface area contributed by atoms with Crippen LogP contribution in [-0.4, -0.2) is 10.2 Å². The van der Waals surface area contributed by atoms with Crippen molar-refractivity contribution in [1.82, 2.24) is 10.2 Å². The molecular weight excluding hydrogens is 297 g/mol. The molecular formula is C4H3BrIN3. The Balaban J connectivity index is 3.17. The molecule has 48 valence electrons. The average Bonchev–Trinajstić information content (AvgIpc) is 1.80. The minimum Gasteiger partial charge on any atom is -0.381 e. The van der Waals surface area contributed by atoms with E-state index in [1.165, 1.54) is 0 Å². The fourth-order valence-corrected chi connectivity index (χ4v) is 1.50. The predicted molar refractivity (Wildman–Crippen MR) is 46.9 cm³/mol. The van der Waals surface area contributed by atoms with Gasteiger partial charge in [-0.15, -0.1) is 10.2 Å². The zero-order chi connectivity index (χ0) is 6.85. The molecule has 3 nitrogen and oxygen atoms in total. The topological polar surface area (TPSA) is 51.8 Å². The first-order valence-corrected chi connectivity index (χ1v) is 4.01. The van der Waals surface area contributed by atoms with E-state index in [1.807, 2.05) is 6.07 Å². The van der Waals surface area contributed by atoms with Crippen LogP contribution in [0.5, 0.6) is 0 Å². The van der Waals surface area contributed by atoms with Crippen molar-refractivity contribution < 1.29 is 0 Å². The Hall–Kier alpha value is 0.0900. The lowest BCUT2D eigenvalue weighted by molar-refractivity contribution is 1.01. The summed E-state index contributed by atoms with van der Waals surface area (Å²) in [7, 11) is 0. The molecule has 2 N–H and O–H groups in total. The Morgan fingerprint density at radius 2 is 2.22 bits per heavy atom. The summed E-state index contributed by atoms with van der Waals surface area (Å²) in [5.41, 5.74) is 5.36. The standard InChI is InChI=1S/C4H3BrIN3/c5-2-1-3(6)8-9-4(2)7/h1H,(H2,7,9). The van der Waals surface area contributed by atoms with Crippen LogP contribution >= 0.6 is 38.5 Å². The van der Waals surface area contributed by atoms with Crippen molar-refractivity contribution >= 4 is 44.3 Å². The minimum atomic E-state index is 0.426. The zero-order valence-electron chi connectivity index (χ0n) is 4.31. The number of hydrogen-bond donors (Lipinski definition) is 1. The smallest absolute Gasteiger partial charge is 0.160 e. The lowest BCUT2D eigenvalue weighted by atomic mass is 10.5. The first kappa shape index (κ1) is 7.20. The maximum atomic E-state index is 5.36. The van der Waals surface area contributed by atoms with Gasteiger partial charge in [-0.2, -0.15) is 0 Å². The lowest BCUT2D eigenvalue weighted by Gasteiger charge is -1.93. The molecule has 0 bridgehead atoms. The minimum absolute atomic E-state index is 0.426. The maximum Gasteiger partial charge on any atom is 0.160 e. The van der Waals surface area contributed by atoms with E-state index in [2.05, 4.69) is 48.7 Å². The average molecular weight is 300 g/mol. The summed E-state index contributed by atoms with van der Waals surface area (Å²) in [5.74, 6) is 0.426. The summed E-state index contributed by atoms with van der Waals surface area (Å²) in [6.45, 7) is 0. The molecule has 5 heteroatoms. The van der Waals surface area contributed by atoms with Crippen LogP contribution < -0.4 is 5.73 Å². The highest BCUT2D eigenvalue weighted by molar-refractivity contribution is 14.1. The van der Waals surface area contributed by atoms with E-state index in [0.29, 0.717) is 5.82 Å². The number of aromatic nitrogens is 2. The molecule has 0 amide bonds. The van der Waals surface area contributed by atoms with Gasteiger partial charge in [0.25, 0.3) is 0 Å². The predicted octanol–water partition coefficient (Wildman–Crippen LogP) is 1.43. The van der Waals surface area contributed by atoms with E-state index in [9.17, 15) is 0 Å². The zero-order valence-corrected chi connectivity index (χ0v) is 8.05. The molecule has 0 spiro atoms. The summed E-state index contributed by atoms with van der Waals surface area (Å²) in [5, 5.41) is 7.37. The van der Waals surface area contributed by atoms with Gasteiger partial charge >= 0.3 is 0 Å². The van der Waals surface area contributed by atoms with E-state index in [-0.39, 0.29) is 0 Å². The molecule has 0 unspecified atom stereocenters. The Morgan fingerprint density at radius 1 is 1.56 bits per heavy atom. The van der Waals surface area contributed by atoms with Crippen molar-refractivity contribution in [3.05, 3.63) is 14.2 Å². The first-order chi connectivity index (χ1) is 4.20. The number of rotatable bonds is 0. The number of hydrogen-bond acceptors (Lipinski definition) is 3. The molecule has 0 aliphatic rings. The lowest BCUT2D eigenvalue weighted by Crippen LogP contribution is -1.94. The fourth-order valence-electron chi connectivity index (χ4n) is 0.357. The highest BCUT2D eigenvalue weighted by Gasteiger charge is 1.96. The SMILES string of the molecule is Nc1nnc(I)cc1Br. The van der Waals surface area contributed by atoms with Crippen molar-refractivity contribution in [2.75, 3.05) is 5.73 Å². The van der Waals surface area contributed by atoms with Crippen LogP contribution in [0.4, 0.5) is 5.82 Å². The van der Waals surface area contributed by atoms with Crippen molar-refractivity contribution in [2.45, 2.75) is 0 Å². The van der Waals surface area contributed by atoms with E-state index in [1.54, 1.807) is 0 Å². The highest BCUT2D eigenvalue weighted by atomic mass is 127.